The molecule has 4 heteroatoms. The van der Waals surface area contributed by atoms with Crippen molar-refractivity contribution in [2.45, 2.75) is 0 Å². The molecule has 0 unspecified atom stereocenters. The third-order valence-corrected chi connectivity index (χ3v) is 0.566. The molecule has 0 spiro atoms. The van der Waals surface area contributed by atoms with E-state index in [9.17, 15) is 13.2 Å². The number of allylic oxidation sites excluding steroid dienone is 1. The number of halogens is 4. The number of hydrogen-bond acceptors (Lipinski definition) is 0. The summed E-state index contributed by atoms with van der Waals surface area (Å²) in [5.74, 6) is 0. The molecule has 0 amide bonds. The van der Waals surface area contributed by atoms with Crippen LogP contribution in [0.4, 0.5) is 13.2 Å². The van der Waals surface area contributed by atoms with Crippen LogP contribution in [0.2, 0.25) is 0 Å². The fourth-order valence-corrected chi connectivity index (χ4v) is 0.0505. The molecule has 0 aliphatic heterocycles. The molecule has 0 aliphatic carbocycles. The number of rotatable bonds is 1. The van der Waals surface area contributed by atoms with Crippen LogP contribution in [0.15, 0.2) is 11.1 Å². The van der Waals surface area contributed by atoms with Crippen molar-refractivity contribution in [1.29, 1.82) is 0 Å². The maximum absolute atomic E-state index is 11.0. The Balaban J connectivity index is 3.72. The molecule has 0 rings (SSSR count). The summed E-state index contributed by atoms with van der Waals surface area (Å²) >= 11 is 4.55. The summed E-state index contributed by atoms with van der Waals surface area (Å²) in [6.45, 7) is -1.29. The molecule has 0 aromatic heterocycles. The molecule has 42 valence electrons. The first-order valence-corrected chi connectivity index (χ1v) is 1.82. The van der Waals surface area contributed by atoms with Gasteiger partial charge in [0.25, 0.3) is 6.08 Å². The second kappa shape index (κ2) is 2.91. The van der Waals surface area contributed by atoms with Gasteiger partial charge in [-0.3, -0.25) is 0 Å². The van der Waals surface area contributed by atoms with Gasteiger partial charge in [-0.15, -0.1) is 0 Å². The van der Waals surface area contributed by atoms with E-state index in [-0.39, 0.29) is 0 Å². The Labute approximate surface area is 43.6 Å². The first-order chi connectivity index (χ1) is 3.18. The van der Waals surface area contributed by atoms with Crippen LogP contribution in [-0.2, 0) is 0 Å². The molecule has 0 bridgehead atoms. The van der Waals surface area contributed by atoms with E-state index in [0.717, 1.165) is 0 Å². The zero-order chi connectivity index (χ0) is 5.86. The van der Waals surface area contributed by atoms with Crippen molar-refractivity contribution in [3.05, 3.63) is 11.1 Å². The van der Waals surface area contributed by atoms with Gasteiger partial charge in [0.1, 0.15) is 11.7 Å². The summed E-state index contributed by atoms with van der Waals surface area (Å²) in [6.07, 6.45) is -2.15. The van der Waals surface area contributed by atoms with E-state index in [4.69, 9.17) is 0 Å². The molecular weight excluding hydrogens is 128 g/mol. The van der Waals surface area contributed by atoms with Crippen molar-refractivity contribution in [2.24, 2.45) is 0 Å². The lowest BCUT2D eigenvalue weighted by molar-refractivity contribution is 0.405. The Morgan fingerprint density at radius 3 is 1.86 bits per heavy atom. The monoisotopic (exact) mass is 130 g/mol. The van der Waals surface area contributed by atoms with Crippen LogP contribution in [0, 0.1) is 0 Å². The lowest BCUT2D eigenvalue weighted by atomic mass is 10.7. The predicted octanol–water partition coefficient (Wildman–Crippen LogP) is 2.30. The van der Waals surface area contributed by atoms with E-state index in [0.29, 0.717) is 0 Å². The minimum atomic E-state index is -2.15. The van der Waals surface area contributed by atoms with Crippen LogP contribution in [0.5, 0.6) is 0 Å². The average Bonchev–Trinajstić information content (AvgIpc) is 1.65. The molecule has 0 aliphatic rings. The van der Waals surface area contributed by atoms with Gasteiger partial charge in [0, 0.05) is 0 Å². The molecule has 0 N–H and O–H groups in total. The summed E-state index contributed by atoms with van der Waals surface area (Å²) in [6, 6.07) is 0. The van der Waals surface area contributed by atoms with Crippen molar-refractivity contribution >= 4 is 11.6 Å². The zero-order valence-electron chi connectivity index (χ0n) is 3.22. The van der Waals surface area contributed by atoms with Crippen LogP contribution in [-0.4, -0.2) is 6.67 Å². The second-order valence-corrected chi connectivity index (χ2v) is 1.26. The highest BCUT2D eigenvalue weighted by molar-refractivity contribution is 6.29. The molecule has 0 radical (unpaired) electrons. The fourth-order valence-electron chi connectivity index (χ4n) is 0.0505. The van der Waals surface area contributed by atoms with Crippen LogP contribution >= 0.6 is 11.6 Å². The predicted molar refractivity (Wildman–Crippen MR) is 21.1 cm³/mol. The molecule has 0 aromatic carbocycles. The topological polar surface area (TPSA) is 0 Å². The molecule has 0 nitrogen and oxygen atoms in total. The Morgan fingerprint density at radius 1 is 1.43 bits per heavy atom. The molecule has 0 saturated heterocycles. The van der Waals surface area contributed by atoms with Crippen LogP contribution in [0.25, 0.3) is 0 Å². The van der Waals surface area contributed by atoms with Crippen molar-refractivity contribution in [3.8, 4) is 0 Å². The Kier molecular flexibility index (Phi) is 2.83. The summed E-state index contributed by atoms with van der Waals surface area (Å²) in [5.41, 5.74) is 0. The van der Waals surface area contributed by atoms with Gasteiger partial charge in [-0.2, -0.15) is 8.78 Å². The van der Waals surface area contributed by atoms with E-state index >= 15 is 0 Å². The second-order valence-electron chi connectivity index (χ2n) is 0.799. The highest BCUT2D eigenvalue weighted by Crippen LogP contribution is 2.11. The quantitative estimate of drug-likeness (QED) is 0.511. The van der Waals surface area contributed by atoms with Gasteiger partial charge in [-0.25, -0.2) is 4.39 Å². The van der Waals surface area contributed by atoms with Crippen molar-refractivity contribution in [2.75, 3.05) is 6.67 Å². The van der Waals surface area contributed by atoms with E-state index in [1.54, 1.807) is 0 Å². The minimum Gasteiger partial charge on any atom is -0.245 e. The molecule has 0 fully saturated rings. The third-order valence-electron chi connectivity index (χ3n) is 0.322. The SMILES string of the molecule is FCC(Cl)=C(F)F. The van der Waals surface area contributed by atoms with Crippen molar-refractivity contribution in [3.63, 3.8) is 0 Å². The van der Waals surface area contributed by atoms with Gasteiger partial charge in [0.2, 0.25) is 0 Å². The van der Waals surface area contributed by atoms with E-state index in [1.165, 1.54) is 0 Å². The summed E-state index contributed by atoms with van der Waals surface area (Å²) in [7, 11) is 0. The molecule has 0 saturated carbocycles. The summed E-state index contributed by atoms with van der Waals surface area (Å²) in [5, 5.41) is -1.01. The molecule has 0 aromatic rings. The first kappa shape index (κ1) is 6.82. The van der Waals surface area contributed by atoms with Gasteiger partial charge in [0.05, 0.1) is 0 Å². The van der Waals surface area contributed by atoms with Crippen LogP contribution in [0.3, 0.4) is 0 Å². The van der Waals surface area contributed by atoms with Gasteiger partial charge in [-0.05, 0) is 0 Å². The minimum absolute atomic E-state index is 1.01. The summed E-state index contributed by atoms with van der Waals surface area (Å²) < 4.78 is 32.8. The van der Waals surface area contributed by atoms with Gasteiger partial charge in [0.15, 0.2) is 0 Å². The van der Waals surface area contributed by atoms with E-state index < -0.39 is 17.8 Å². The largest absolute Gasteiger partial charge is 0.287 e. The smallest absolute Gasteiger partial charge is 0.245 e. The number of hydrogen-bond donors (Lipinski definition) is 0. The highest BCUT2D eigenvalue weighted by atomic mass is 35.5. The summed E-state index contributed by atoms with van der Waals surface area (Å²) in [4.78, 5) is 0. The van der Waals surface area contributed by atoms with Crippen molar-refractivity contribution in [1.82, 2.24) is 0 Å². The van der Waals surface area contributed by atoms with Crippen LogP contribution < -0.4 is 0 Å². The highest BCUT2D eigenvalue weighted by Gasteiger charge is 1.98. The van der Waals surface area contributed by atoms with E-state index in [2.05, 4.69) is 11.6 Å². The molecule has 0 heterocycles. The third kappa shape index (κ3) is 2.51. The Hall–Kier alpha value is -0.180. The molecule has 0 atom stereocenters. The average molecular weight is 130 g/mol. The maximum Gasteiger partial charge on any atom is 0.287 e. The Morgan fingerprint density at radius 2 is 1.86 bits per heavy atom. The molecule has 7 heavy (non-hydrogen) atoms. The van der Waals surface area contributed by atoms with Gasteiger partial charge in [-0.1, -0.05) is 11.6 Å². The maximum atomic E-state index is 11.0. The normalized spacial score (nSPS) is 8.57. The standard InChI is InChI=1S/C3H2ClF3/c4-2(1-5)3(6)7/h1H2. The van der Waals surface area contributed by atoms with E-state index in [1.807, 2.05) is 0 Å². The fraction of sp³-hybridized carbons (Fsp3) is 0.333. The van der Waals surface area contributed by atoms with Crippen molar-refractivity contribution < 1.29 is 13.2 Å². The Bertz CT molecular complexity index is 84.2. The van der Waals surface area contributed by atoms with Crippen LogP contribution in [0.1, 0.15) is 0 Å². The first-order valence-electron chi connectivity index (χ1n) is 1.44. The number of alkyl halides is 1. The lowest BCUT2D eigenvalue weighted by Gasteiger charge is -1.81. The lowest BCUT2D eigenvalue weighted by Crippen LogP contribution is -1.73. The zero-order valence-corrected chi connectivity index (χ0v) is 3.97. The van der Waals surface area contributed by atoms with Gasteiger partial charge >= 0.3 is 0 Å². The van der Waals surface area contributed by atoms with Gasteiger partial charge < -0.3 is 0 Å². The molecular formula is C3H2ClF3.